The van der Waals surface area contributed by atoms with Gasteiger partial charge in [0.1, 0.15) is 0 Å². The Morgan fingerprint density at radius 2 is 0.681 bits per heavy atom. The largest absolute Gasteiger partial charge is 0.481 e. The second kappa shape index (κ2) is 43.9. The lowest BCUT2D eigenvalue weighted by Gasteiger charge is -2.36. The molecule has 138 heavy (non-hydrogen) atoms. The summed E-state index contributed by atoms with van der Waals surface area (Å²) in [7, 11) is 9.21. The maximum Gasteiger partial charge on any atom is 0.416 e. The number of nitrogens with one attached hydrogen (secondary N) is 1. The topological polar surface area (TPSA) is 258 Å². The number of aliphatic carboxylic acids is 1. The summed E-state index contributed by atoms with van der Waals surface area (Å²) in [6.07, 6.45) is -15.7. The van der Waals surface area contributed by atoms with Crippen LogP contribution in [0.3, 0.4) is 0 Å². The van der Waals surface area contributed by atoms with Gasteiger partial charge in [0.25, 0.3) is 17.8 Å². The van der Waals surface area contributed by atoms with E-state index < -0.39 is 94.5 Å². The minimum Gasteiger partial charge on any atom is -0.481 e. The third kappa shape index (κ3) is 26.7. The van der Waals surface area contributed by atoms with Crippen LogP contribution in [0.15, 0.2) is 91.0 Å². The lowest BCUT2D eigenvalue weighted by Crippen LogP contribution is -2.34. The molecule has 15 rings (SSSR count). The van der Waals surface area contributed by atoms with Crippen molar-refractivity contribution in [3.63, 3.8) is 0 Å². The minimum atomic E-state index is -4.97. The van der Waals surface area contributed by atoms with Gasteiger partial charge < -0.3 is 49.1 Å². The molecule has 3 aromatic heterocycles. The van der Waals surface area contributed by atoms with Gasteiger partial charge in [0.05, 0.1) is 111 Å². The highest BCUT2D eigenvalue weighted by atomic mass is 19.4. The highest BCUT2D eigenvalue weighted by Crippen LogP contribution is 2.49. The molecule has 0 spiro atoms. The van der Waals surface area contributed by atoms with Gasteiger partial charge in [0.2, 0.25) is 0 Å². The number of anilines is 6. The number of carboxylic acids is 1. The molecule has 3 saturated carbocycles. The predicted octanol–water partition coefficient (Wildman–Crippen LogP) is 21.5. The monoisotopic (exact) mass is 1960 g/mol. The molecule has 6 aliphatic rings. The van der Waals surface area contributed by atoms with Crippen molar-refractivity contribution in [1.29, 1.82) is 0 Å². The number of tetrazole rings is 3. The van der Waals surface area contributed by atoms with Gasteiger partial charge in [-0.2, -0.15) is 93.4 Å². The number of nitrogens with zero attached hydrogens (tertiary/aromatic N) is 17. The number of ether oxygens (including phenoxy) is 3. The number of hydrogen-bond donors (Lipinski definition) is 2. The first kappa shape index (κ1) is 105. The maximum absolute atomic E-state index is 13.8. The number of halogens is 18. The van der Waals surface area contributed by atoms with Crippen LogP contribution in [-0.4, -0.2) is 144 Å². The molecule has 0 saturated heterocycles. The Hall–Kier alpha value is -11.6. The molecule has 0 unspecified atom stereocenters. The highest BCUT2D eigenvalue weighted by Gasteiger charge is 2.45. The molecule has 25 nitrogen and oxygen atoms in total. The van der Waals surface area contributed by atoms with Crippen LogP contribution in [0.1, 0.15) is 234 Å². The average Bonchev–Trinajstić information content (AvgIpc) is 1.55. The molecular weight excluding hydrogens is 1850 g/mol. The molecule has 2 N–H and O–H groups in total. The Morgan fingerprint density at radius 1 is 0.384 bits per heavy atom. The molecule has 3 atom stereocenters. The van der Waals surface area contributed by atoms with E-state index in [1.807, 2.05) is 65.8 Å². The molecule has 3 fully saturated rings. The van der Waals surface area contributed by atoms with Crippen LogP contribution < -0.4 is 29.8 Å². The third-order valence-corrected chi connectivity index (χ3v) is 26.4. The number of aryl methyl sites for hydroxylation is 9. The molecule has 0 radical (unpaired) electrons. The van der Waals surface area contributed by atoms with Crippen molar-refractivity contribution < 1.29 is 113 Å². The Kier molecular flexibility index (Phi) is 33.5. The lowest BCUT2D eigenvalue weighted by atomic mass is 9.81. The normalized spacial score (nSPS) is 20.5. The van der Waals surface area contributed by atoms with Crippen molar-refractivity contribution in [2.75, 3.05) is 83.9 Å². The Bertz CT molecular complexity index is 5580. The van der Waals surface area contributed by atoms with Gasteiger partial charge in [-0.1, -0.05) is 68.4 Å². The summed E-state index contributed by atoms with van der Waals surface area (Å²) in [5.74, 6) is -0.318. The quantitative estimate of drug-likeness (QED) is 0.0531. The average molecular weight is 1960 g/mol. The molecule has 0 bridgehead atoms. The van der Waals surface area contributed by atoms with E-state index in [9.17, 15) is 98.5 Å². The number of hydrogen-bond acceptors (Lipinski definition) is 21. The summed E-state index contributed by atoms with van der Waals surface area (Å²) in [6, 6.07) is 15.8. The number of methoxy groups -OCH3 is 3. The third-order valence-electron chi connectivity index (χ3n) is 26.4. The summed E-state index contributed by atoms with van der Waals surface area (Å²) in [5.41, 5.74) is 2.80. The zero-order valence-electron chi connectivity index (χ0n) is 78.5. The molecule has 9 aromatic rings. The van der Waals surface area contributed by atoms with Crippen molar-refractivity contribution in [2.45, 2.75) is 238 Å². The van der Waals surface area contributed by atoms with E-state index in [1.54, 1.807) is 28.9 Å². The SMILES string of the molecule is COC(=O)C1CCC(CN2CCC[C@H](N(Cc3cc(C(F)(F)F)cc(C(F)(F)F)c3)c3nnn(C)n3)c3cc(C)cc(C)c32)CC1.COC(=O)C1CCC(OC)CC1.Cc1cc(C)c2c(c1)[C@@H](N(Cc1cc(C(F)(F)F)cc(C(F)(F)F)c1)c1nnn(C)n1)CCCN2.Cc1cc(C)c2c(c1)[C@@H](N(Cc1cc(C(F)(F)F)cc(C(F)(F)F)c1)c1nnn(C)n1)CCCN2CC1CCC(C(=O)O)CC1. The molecular formula is C95H114F18N18O7. The van der Waals surface area contributed by atoms with E-state index in [-0.39, 0.29) is 102 Å². The van der Waals surface area contributed by atoms with Gasteiger partial charge in [-0.05, 0) is 289 Å². The molecule has 0 amide bonds. The molecule has 6 heterocycles. The van der Waals surface area contributed by atoms with Gasteiger partial charge in [-0.25, -0.2) is 0 Å². The van der Waals surface area contributed by atoms with Gasteiger partial charge in [0.15, 0.2) is 0 Å². The van der Waals surface area contributed by atoms with Crippen LogP contribution in [0, 0.1) is 71.1 Å². The van der Waals surface area contributed by atoms with Crippen LogP contribution in [0.25, 0.3) is 0 Å². The zero-order valence-corrected chi connectivity index (χ0v) is 78.5. The fourth-order valence-corrected chi connectivity index (χ4v) is 20.1. The molecule has 6 aromatic carbocycles. The summed E-state index contributed by atoms with van der Waals surface area (Å²) < 4.78 is 261. The summed E-state index contributed by atoms with van der Waals surface area (Å²) in [5, 5.41) is 49.7. The number of alkyl halides is 18. The number of benzene rings is 6. The van der Waals surface area contributed by atoms with Crippen LogP contribution in [0.4, 0.5) is 114 Å². The fourth-order valence-electron chi connectivity index (χ4n) is 20.1. The van der Waals surface area contributed by atoms with E-state index in [0.717, 1.165) is 187 Å². The molecule has 3 aliphatic heterocycles. The van der Waals surface area contributed by atoms with Crippen molar-refractivity contribution >= 4 is 52.8 Å². The van der Waals surface area contributed by atoms with Crippen LogP contribution in [0.2, 0.25) is 0 Å². The van der Waals surface area contributed by atoms with E-state index in [2.05, 4.69) is 78.2 Å². The summed E-state index contributed by atoms with van der Waals surface area (Å²) in [4.78, 5) is 47.9. The maximum atomic E-state index is 13.8. The number of fused-ring (bicyclic) bond motifs is 3. The smallest absolute Gasteiger partial charge is 0.416 e. The van der Waals surface area contributed by atoms with Crippen LogP contribution in [-0.2, 0) is 106 Å². The van der Waals surface area contributed by atoms with Gasteiger partial charge in [-0.15, -0.1) is 15.3 Å². The summed E-state index contributed by atoms with van der Waals surface area (Å²) >= 11 is 0. The van der Waals surface area contributed by atoms with Crippen molar-refractivity contribution in [3.05, 3.63) is 191 Å². The van der Waals surface area contributed by atoms with Crippen molar-refractivity contribution in [2.24, 2.45) is 50.7 Å². The van der Waals surface area contributed by atoms with Gasteiger partial charge in [-0.3, -0.25) is 14.4 Å². The lowest BCUT2D eigenvalue weighted by molar-refractivity contribution is -0.148. The molecule has 3 aliphatic carbocycles. The number of rotatable bonds is 20. The first-order valence-electron chi connectivity index (χ1n) is 45.7. The Labute approximate surface area is 786 Å². The van der Waals surface area contributed by atoms with Crippen LogP contribution >= 0.6 is 0 Å². The fraction of sp³-hybridized carbons (Fsp3) is 0.558. The van der Waals surface area contributed by atoms with Gasteiger partial charge in [0, 0.05) is 76.5 Å². The number of carboxylic acid groups (broad SMARTS) is 1. The summed E-state index contributed by atoms with van der Waals surface area (Å²) in [6.45, 7) is 14.5. The van der Waals surface area contributed by atoms with Gasteiger partial charge >= 0.3 is 55.0 Å². The van der Waals surface area contributed by atoms with E-state index in [4.69, 9.17) is 9.47 Å². The second-order valence-corrected chi connectivity index (χ2v) is 36.8. The van der Waals surface area contributed by atoms with E-state index in [0.29, 0.717) is 82.5 Å². The van der Waals surface area contributed by atoms with E-state index in [1.165, 1.54) is 42.7 Å². The second-order valence-electron chi connectivity index (χ2n) is 36.8. The molecule has 43 heteroatoms. The Balaban J connectivity index is 0.000000176. The number of carbonyl (C=O) groups excluding carboxylic acids is 2. The predicted molar refractivity (Wildman–Crippen MR) is 476 cm³/mol. The van der Waals surface area contributed by atoms with E-state index >= 15 is 0 Å². The standard InChI is InChI=1S/C32H38F6N6O2.C31H36F6N6O2.C23H24F6N6.C9H16O3/c1-19-12-20(2)28-26(13-19)27(6-5-11-43(28)17-21-7-9-23(10-8-21)29(45)46-4)44(30-39-41-42(3)40-30)18-22-14-24(31(33,34)35)16-25(15-22)32(36,37)38;1-18-11-19(2)27-25(12-18)26(5-4-10-42(27)16-20-6-8-22(9-7-20)28(44)45)43(29-38-40-41(3)39-29)17-21-13-23(30(32,33)34)15-24(14-21)31(35,36)37;1-13-7-14(2)20-18(8-13)19(5-4-6-30-20)35(21-31-33-34(3)32-21)12-15-9-16(22(24,25)26)11-17(10-15)23(27,28)29;1-11-8-5-3-7(4-6-8)9(10)12-2/h12-16,21,23,27H,5-11,17-18H2,1-4H3;11-15,20,22,26H,4-10,16-17H2,1-3H3,(H,44,45);7-11,19,30H,4-6,12H2,1-3H3;7-8H,3-6H2,1-2H3/t21?,23?,27-;20?,22?,26-;19-;/m000./s1. The number of esters is 2. The highest BCUT2D eigenvalue weighted by molar-refractivity contribution is 5.73. The molecule has 752 valence electrons. The minimum absolute atomic E-state index is 0.0652. The van der Waals surface area contributed by atoms with Crippen LogP contribution in [0.5, 0.6) is 0 Å². The van der Waals surface area contributed by atoms with Crippen molar-refractivity contribution in [3.8, 4) is 0 Å². The number of aromatic nitrogens is 12. The Morgan fingerprint density at radius 3 is 0.978 bits per heavy atom. The zero-order chi connectivity index (χ0) is 101. The van der Waals surface area contributed by atoms with Crippen molar-refractivity contribution in [1.82, 2.24) is 60.6 Å². The first-order valence-corrected chi connectivity index (χ1v) is 45.7. The number of carbonyl (C=O) groups is 3. The first-order chi connectivity index (χ1) is 64.8.